The summed E-state index contributed by atoms with van der Waals surface area (Å²) in [5, 5.41) is 0.446. The van der Waals surface area contributed by atoms with E-state index in [1.165, 1.54) is 11.1 Å². The Labute approximate surface area is 394 Å². The first-order chi connectivity index (χ1) is 32.8. The van der Waals surface area contributed by atoms with Gasteiger partial charge in [-0.25, -0.2) is 24.9 Å². The molecule has 13 heteroatoms. The number of nitrogens with one attached hydrogen (secondary N) is 1. The maximum Gasteiger partial charge on any atom is 0.201 e. The topological polar surface area (TPSA) is 156 Å². The Morgan fingerprint density at radius 2 is 1.10 bits per heavy atom. The van der Waals surface area contributed by atoms with E-state index >= 15 is 0 Å². The number of aromatic amines is 1. The van der Waals surface area contributed by atoms with Gasteiger partial charge in [0.1, 0.15) is 35.7 Å². The molecule has 0 radical (unpaired) electrons. The molecular formula is C54H49ClN8O4. The molecule has 0 saturated heterocycles. The lowest BCUT2D eigenvalue weighted by atomic mass is 9.99. The van der Waals surface area contributed by atoms with Gasteiger partial charge < -0.3 is 29.7 Å². The van der Waals surface area contributed by atoms with Gasteiger partial charge in [-0.05, 0) is 101 Å². The van der Waals surface area contributed by atoms with Crippen LogP contribution in [0.15, 0.2) is 163 Å². The summed E-state index contributed by atoms with van der Waals surface area (Å²) in [6, 6.07) is 47.8. The highest BCUT2D eigenvalue weighted by atomic mass is 35.5. The smallest absolute Gasteiger partial charge is 0.201 e. The minimum Gasteiger partial charge on any atom is -0.496 e. The maximum atomic E-state index is 5.97. The van der Waals surface area contributed by atoms with Gasteiger partial charge in [0.2, 0.25) is 5.28 Å². The highest BCUT2D eigenvalue weighted by Gasteiger charge is 2.17. The molecular weight excluding hydrogens is 860 g/mol. The summed E-state index contributed by atoms with van der Waals surface area (Å²) in [4.78, 5) is 29.5. The molecule has 0 saturated carbocycles. The second kappa shape index (κ2) is 21.7. The molecule has 4 heterocycles. The van der Waals surface area contributed by atoms with Crippen LogP contribution < -0.4 is 24.7 Å². The fourth-order valence-corrected chi connectivity index (χ4v) is 8.02. The van der Waals surface area contributed by atoms with Crippen LogP contribution in [0.3, 0.4) is 0 Å². The van der Waals surface area contributed by atoms with Crippen molar-refractivity contribution < 1.29 is 18.9 Å². The number of H-pyrrole nitrogens is 1. The first kappa shape index (κ1) is 45.5. The number of ether oxygens (including phenoxy) is 4. The van der Waals surface area contributed by atoms with E-state index in [0.717, 1.165) is 97.6 Å². The summed E-state index contributed by atoms with van der Waals surface area (Å²) in [5.74, 6) is 3.15. The molecule has 0 atom stereocenters. The third kappa shape index (κ3) is 11.4. The number of nitrogens with two attached hydrogens (primary N) is 1. The number of anilines is 1. The van der Waals surface area contributed by atoms with Gasteiger partial charge in [0, 0.05) is 59.5 Å². The Morgan fingerprint density at radius 1 is 0.552 bits per heavy atom. The van der Waals surface area contributed by atoms with Gasteiger partial charge in [-0.2, -0.15) is 0 Å². The fraction of sp³-hybridized carbons (Fsp3) is 0.148. The van der Waals surface area contributed by atoms with E-state index in [0.29, 0.717) is 29.6 Å². The number of aromatic nitrogens is 6. The quantitative estimate of drug-likeness (QED) is 0.113. The summed E-state index contributed by atoms with van der Waals surface area (Å²) in [7, 11) is 6.65. The summed E-state index contributed by atoms with van der Waals surface area (Å²) in [6.07, 6.45) is 6.21. The second-order valence-electron chi connectivity index (χ2n) is 15.5. The van der Waals surface area contributed by atoms with Crippen molar-refractivity contribution in [3.63, 3.8) is 0 Å². The van der Waals surface area contributed by atoms with Crippen molar-refractivity contribution in [2.75, 3.05) is 34.2 Å². The fourth-order valence-electron chi connectivity index (χ4n) is 7.83. The van der Waals surface area contributed by atoms with Gasteiger partial charge in [-0.1, -0.05) is 72.8 Å². The lowest BCUT2D eigenvalue weighted by molar-refractivity contribution is 0.411. The molecule has 10 rings (SSSR count). The number of para-hydroxylation sites is 5. The maximum absolute atomic E-state index is 5.97. The highest BCUT2D eigenvalue weighted by Crippen LogP contribution is 2.32. The van der Waals surface area contributed by atoms with Crippen LogP contribution in [0.25, 0.3) is 33.5 Å². The summed E-state index contributed by atoms with van der Waals surface area (Å²) < 4.78 is 21.7. The number of halogens is 1. The molecule has 3 aromatic heterocycles. The normalized spacial score (nSPS) is 11.3. The Hall–Kier alpha value is -8.09. The summed E-state index contributed by atoms with van der Waals surface area (Å²) in [6.45, 7) is 0. The molecule has 0 aliphatic carbocycles. The highest BCUT2D eigenvalue weighted by molar-refractivity contribution is 6.29. The van der Waals surface area contributed by atoms with Crippen molar-refractivity contribution in [2.45, 2.75) is 25.7 Å². The number of methoxy groups -OCH3 is 4. The van der Waals surface area contributed by atoms with E-state index in [4.69, 9.17) is 41.3 Å². The average Bonchev–Trinajstić information content (AvgIpc) is 3.96. The third-order valence-corrected chi connectivity index (χ3v) is 11.2. The van der Waals surface area contributed by atoms with Gasteiger partial charge in [0.25, 0.3) is 0 Å². The standard InChI is InChI=1S/C28H25N3O2.C19H19N3O2.C7H5ClN2/c1-32-27-12-11-19(13-21(27)16-23-15-20-7-3-5-9-25(20)31-23)14-22-17-26(30-18-29-22)24-8-4-6-10-28(24)33-2;1-23-18-6-4-3-5-15(18)17-11-14(21-12-22-17)9-13-7-8-19(24-2)16(20)10-13;8-7-9-5-3-1-2-4-6(5)10-7/h3-13,17-18H,14-16H2,1-2H3;3-8,10-12H,9,20H2,1-2H3;1-4H,(H,9,10). The molecule has 0 unspecified atom stereocenters. The van der Waals surface area contributed by atoms with E-state index in [1.807, 2.05) is 115 Å². The molecule has 0 amide bonds. The summed E-state index contributed by atoms with van der Waals surface area (Å²) >= 11 is 5.62. The van der Waals surface area contributed by atoms with Crippen molar-refractivity contribution in [3.8, 4) is 45.5 Å². The van der Waals surface area contributed by atoms with E-state index < -0.39 is 0 Å². The number of aliphatic imine (C=N–C) groups is 1. The zero-order valence-corrected chi connectivity index (χ0v) is 38.4. The van der Waals surface area contributed by atoms with Crippen molar-refractivity contribution in [3.05, 3.63) is 197 Å². The van der Waals surface area contributed by atoms with E-state index in [1.54, 1.807) is 41.1 Å². The second-order valence-corrected chi connectivity index (χ2v) is 15.8. The molecule has 6 aromatic carbocycles. The molecule has 0 bridgehead atoms. The Balaban J connectivity index is 0.000000155. The van der Waals surface area contributed by atoms with Gasteiger partial charge in [0.05, 0.1) is 62.2 Å². The number of benzene rings is 6. The predicted octanol–water partition coefficient (Wildman–Crippen LogP) is 11.2. The van der Waals surface area contributed by atoms with Crippen molar-refractivity contribution in [2.24, 2.45) is 4.99 Å². The van der Waals surface area contributed by atoms with Gasteiger partial charge in [0.15, 0.2) is 0 Å². The van der Waals surface area contributed by atoms with Crippen LogP contribution in [0, 0.1) is 0 Å². The van der Waals surface area contributed by atoms with Crippen molar-refractivity contribution in [1.82, 2.24) is 29.9 Å². The molecule has 12 nitrogen and oxygen atoms in total. The molecule has 0 spiro atoms. The van der Waals surface area contributed by atoms with Crippen LogP contribution >= 0.6 is 11.6 Å². The van der Waals surface area contributed by atoms with Gasteiger partial charge >= 0.3 is 0 Å². The van der Waals surface area contributed by atoms with Crippen molar-refractivity contribution in [1.29, 1.82) is 0 Å². The summed E-state index contributed by atoms with van der Waals surface area (Å²) in [5.41, 5.74) is 20.8. The molecule has 9 aromatic rings. The lowest BCUT2D eigenvalue weighted by Gasteiger charge is -2.12. The monoisotopic (exact) mass is 908 g/mol. The van der Waals surface area contributed by atoms with E-state index in [2.05, 4.69) is 60.2 Å². The number of nitrogens with zero attached hydrogens (tertiary/aromatic N) is 6. The zero-order valence-electron chi connectivity index (χ0n) is 37.6. The SMILES string of the molecule is COc1ccc(Cc2cc(-c3ccccc3OC)ncn2)cc1CC1=Nc2ccccc2C1.COc1ccc(Cc2cc(-c3ccccc3OC)ncn2)cc1N.Clc1nc2ccccc2[nH]1. The third-order valence-electron chi connectivity index (χ3n) is 11.0. The van der Waals surface area contributed by atoms with Crippen LogP contribution in [0.5, 0.6) is 23.0 Å². The number of rotatable bonds is 12. The number of nitrogen functional groups attached to an aromatic ring is 1. The average molecular weight is 909 g/mol. The van der Waals surface area contributed by atoms with Crippen molar-refractivity contribution >= 4 is 39.7 Å². The van der Waals surface area contributed by atoms with Gasteiger partial charge in [-0.3, -0.25) is 4.99 Å². The largest absolute Gasteiger partial charge is 0.496 e. The van der Waals surface area contributed by atoms with Crippen LogP contribution in [0.1, 0.15) is 33.6 Å². The molecule has 0 fully saturated rings. The first-order valence-electron chi connectivity index (χ1n) is 21.5. The minimum absolute atomic E-state index is 0.446. The number of hydrogen-bond donors (Lipinski definition) is 2. The van der Waals surface area contributed by atoms with E-state index in [9.17, 15) is 0 Å². The van der Waals surface area contributed by atoms with Crippen LogP contribution in [0.4, 0.5) is 11.4 Å². The van der Waals surface area contributed by atoms with Crippen LogP contribution in [-0.4, -0.2) is 64.1 Å². The number of fused-ring (bicyclic) bond motifs is 2. The van der Waals surface area contributed by atoms with E-state index in [-0.39, 0.29) is 0 Å². The predicted molar refractivity (Wildman–Crippen MR) is 266 cm³/mol. The van der Waals surface area contributed by atoms with Crippen LogP contribution in [-0.2, 0) is 25.7 Å². The Kier molecular flexibility index (Phi) is 14.7. The molecule has 1 aliphatic heterocycles. The lowest BCUT2D eigenvalue weighted by Crippen LogP contribution is -2.05. The first-order valence-corrected chi connectivity index (χ1v) is 21.9. The molecule has 3 N–H and O–H groups in total. The minimum atomic E-state index is 0.446. The number of imidazole rings is 1. The van der Waals surface area contributed by atoms with Crippen LogP contribution in [0.2, 0.25) is 5.28 Å². The Morgan fingerprint density at radius 3 is 1.70 bits per heavy atom. The Bertz CT molecular complexity index is 3120. The zero-order chi connectivity index (χ0) is 46.5. The molecule has 336 valence electrons. The molecule has 67 heavy (non-hydrogen) atoms. The number of hydrogen-bond acceptors (Lipinski definition) is 11. The van der Waals surface area contributed by atoms with Gasteiger partial charge in [-0.15, -0.1) is 0 Å². The molecule has 1 aliphatic rings.